The summed E-state index contributed by atoms with van der Waals surface area (Å²) >= 11 is 6.10. The maximum absolute atomic E-state index is 9.28. The predicted molar refractivity (Wildman–Crippen MR) is 76.8 cm³/mol. The first kappa shape index (κ1) is 14.4. The fourth-order valence-electron chi connectivity index (χ4n) is 2.00. The number of halogens is 1. The monoisotopic (exact) mass is 296 g/mol. The molecule has 0 fully saturated rings. The third-order valence-corrected chi connectivity index (χ3v) is 3.76. The molecule has 3 nitrogen and oxygen atoms in total. The zero-order valence-corrected chi connectivity index (χ0v) is 11.8. The van der Waals surface area contributed by atoms with Crippen molar-refractivity contribution in [3.05, 3.63) is 71.8 Å². The van der Waals surface area contributed by atoms with Gasteiger partial charge in [0.05, 0.1) is 5.88 Å². The van der Waals surface area contributed by atoms with E-state index in [4.69, 9.17) is 16.1 Å². The summed E-state index contributed by atoms with van der Waals surface area (Å²) in [6.07, 6.45) is 0. The van der Waals surface area contributed by atoms with Gasteiger partial charge < -0.3 is 9.79 Å². The lowest BCUT2D eigenvalue weighted by Crippen LogP contribution is -2.31. The highest BCUT2D eigenvalue weighted by Gasteiger charge is 2.37. The van der Waals surface area contributed by atoms with E-state index in [0.717, 1.165) is 11.1 Å². The molecule has 2 aromatic carbocycles. The molecule has 2 rings (SSSR count). The minimum atomic E-state index is -2.53. The molecule has 0 amide bonds. The van der Waals surface area contributed by atoms with Crippen molar-refractivity contribution < 1.29 is 14.3 Å². The Bertz CT molecular complexity index is 465. The maximum Gasteiger partial charge on any atom is 0.328 e. The topological polar surface area (TPSA) is 49.7 Å². The summed E-state index contributed by atoms with van der Waals surface area (Å²) in [6, 6.07) is 18.6. The standard InChI is InChI=1S/C14H14ClO3P/c15-11-14(18-19(16)17,12-7-3-1-4-8-12)13-9-5-2-6-10-13/h1-10,16-17H,11H2. The number of hydrogen-bond acceptors (Lipinski definition) is 3. The molecule has 0 heterocycles. The first-order chi connectivity index (χ1) is 9.19. The Balaban J connectivity index is 2.55. The fourth-order valence-corrected chi connectivity index (χ4v) is 3.00. The molecule has 0 spiro atoms. The SMILES string of the molecule is OP(O)OC(CCl)(c1ccccc1)c1ccccc1. The van der Waals surface area contributed by atoms with Gasteiger partial charge in [-0.25, -0.2) is 0 Å². The summed E-state index contributed by atoms with van der Waals surface area (Å²) in [5.74, 6) is 0.0843. The molecule has 0 unspecified atom stereocenters. The maximum atomic E-state index is 9.28. The minimum Gasteiger partial charge on any atom is -0.328 e. The highest BCUT2D eigenvalue weighted by molar-refractivity contribution is 7.39. The molecule has 2 N–H and O–H groups in total. The molecule has 0 bridgehead atoms. The second-order valence-corrected chi connectivity index (χ2v) is 4.99. The van der Waals surface area contributed by atoms with E-state index < -0.39 is 14.2 Å². The molecule has 19 heavy (non-hydrogen) atoms. The number of hydrogen-bond donors (Lipinski definition) is 2. The molecule has 0 aliphatic rings. The summed E-state index contributed by atoms with van der Waals surface area (Å²) in [7, 11) is -2.53. The predicted octanol–water partition coefficient (Wildman–Crippen LogP) is 3.40. The van der Waals surface area contributed by atoms with Crippen LogP contribution in [0.2, 0.25) is 0 Å². The van der Waals surface area contributed by atoms with E-state index in [9.17, 15) is 9.79 Å². The van der Waals surface area contributed by atoms with Crippen LogP contribution in [0, 0.1) is 0 Å². The van der Waals surface area contributed by atoms with Crippen molar-refractivity contribution in [2.75, 3.05) is 5.88 Å². The van der Waals surface area contributed by atoms with Gasteiger partial charge in [-0.1, -0.05) is 60.7 Å². The first-order valence-electron chi connectivity index (χ1n) is 5.73. The van der Waals surface area contributed by atoms with Gasteiger partial charge in [0.25, 0.3) is 0 Å². The average Bonchev–Trinajstić information content (AvgIpc) is 2.46. The molecule has 0 saturated heterocycles. The van der Waals surface area contributed by atoms with Crippen molar-refractivity contribution in [3.8, 4) is 0 Å². The van der Waals surface area contributed by atoms with Crippen molar-refractivity contribution in [1.82, 2.24) is 0 Å². The van der Waals surface area contributed by atoms with E-state index in [1.807, 2.05) is 60.7 Å². The number of benzene rings is 2. The molecule has 0 saturated carbocycles. The van der Waals surface area contributed by atoms with E-state index in [2.05, 4.69) is 0 Å². The van der Waals surface area contributed by atoms with Crippen LogP contribution in [0.3, 0.4) is 0 Å². The molecular formula is C14H14ClO3P. The molecule has 2 aromatic rings. The van der Waals surface area contributed by atoms with Crippen LogP contribution in [0.4, 0.5) is 0 Å². The quantitative estimate of drug-likeness (QED) is 0.657. The third-order valence-electron chi connectivity index (χ3n) is 2.91. The van der Waals surface area contributed by atoms with Crippen molar-refractivity contribution in [2.24, 2.45) is 0 Å². The van der Waals surface area contributed by atoms with Crippen molar-refractivity contribution in [3.63, 3.8) is 0 Å². The van der Waals surface area contributed by atoms with Crippen LogP contribution in [0.1, 0.15) is 11.1 Å². The van der Waals surface area contributed by atoms with Crippen LogP contribution in [-0.2, 0) is 10.1 Å². The van der Waals surface area contributed by atoms with Crippen LogP contribution in [0.5, 0.6) is 0 Å². The Morgan fingerprint density at radius 2 is 1.32 bits per heavy atom. The largest absolute Gasteiger partial charge is 0.328 e. The zero-order valence-electron chi connectivity index (χ0n) is 10.1. The lowest BCUT2D eigenvalue weighted by Gasteiger charge is -2.32. The Morgan fingerprint density at radius 1 is 0.895 bits per heavy atom. The molecule has 0 aliphatic carbocycles. The smallest absolute Gasteiger partial charge is 0.328 e. The lowest BCUT2D eigenvalue weighted by atomic mass is 9.88. The van der Waals surface area contributed by atoms with E-state index in [1.54, 1.807) is 0 Å². The van der Waals surface area contributed by atoms with Gasteiger partial charge in [-0.3, -0.25) is 4.52 Å². The van der Waals surface area contributed by atoms with Crippen molar-refractivity contribution in [2.45, 2.75) is 5.60 Å². The normalized spacial score (nSPS) is 11.8. The third kappa shape index (κ3) is 3.14. The molecule has 5 heteroatoms. The van der Waals surface area contributed by atoms with Crippen LogP contribution in [-0.4, -0.2) is 15.7 Å². The molecule has 100 valence electrons. The van der Waals surface area contributed by atoms with Gasteiger partial charge in [-0.15, -0.1) is 11.6 Å². The first-order valence-corrected chi connectivity index (χ1v) is 7.43. The molecular weight excluding hydrogens is 283 g/mol. The van der Waals surface area contributed by atoms with Gasteiger partial charge in [-0.05, 0) is 11.1 Å². The van der Waals surface area contributed by atoms with E-state index in [1.165, 1.54) is 0 Å². The van der Waals surface area contributed by atoms with E-state index >= 15 is 0 Å². The Morgan fingerprint density at radius 3 is 1.63 bits per heavy atom. The van der Waals surface area contributed by atoms with E-state index in [-0.39, 0.29) is 5.88 Å². The van der Waals surface area contributed by atoms with Crippen LogP contribution in [0.15, 0.2) is 60.7 Å². The molecule has 0 radical (unpaired) electrons. The van der Waals surface area contributed by atoms with Gasteiger partial charge in [0.15, 0.2) is 0 Å². The van der Waals surface area contributed by atoms with Crippen molar-refractivity contribution >= 4 is 20.2 Å². The molecule has 0 aromatic heterocycles. The van der Waals surface area contributed by atoms with Crippen LogP contribution >= 0.6 is 20.2 Å². The summed E-state index contributed by atoms with van der Waals surface area (Å²) in [4.78, 5) is 18.6. The van der Waals surface area contributed by atoms with Gasteiger partial charge in [0, 0.05) is 0 Å². The number of rotatable bonds is 5. The van der Waals surface area contributed by atoms with Crippen molar-refractivity contribution in [1.29, 1.82) is 0 Å². The highest BCUT2D eigenvalue weighted by atomic mass is 35.5. The second kappa shape index (κ2) is 6.47. The lowest BCUT2D eigenvalue weighted by molar-refractivity contribution is 0.113. The van der Waals surface area contributed by atoms with Crippen LogP contribution < -0.4 is 0 Å². The molecule has 0 atom stereocenters. The average molecular weight is 297 g/mol. The number of alkyl halides is 1. The Hall–Kier alpha value is -0.960. The van der Waals surface area contributed by atoms with Gasteiger partial charge >= 0.3 is 8.60 Å². The summed E-state index contributed by atoms with van der Waals surface area (Å²) in [5.41, 5.74) is 0.512. The van der Waals surface area contributed by atoms with Crippen LogP contribution in [0.25, 0.3) is 0 Å². The highest BCUT2D eigenvalue weighted by Crippen LogP contribution is 2.44. The Labute approximate surface area is 118 Å². The van der Waals surface area contributed by atoms with Gasteiger partial charge in [0.2, 0.25) is 0 Å². The zero-order chi connectivity index (χ0) is 13.7. The fraction of sp³-hybridized carbons (Fsp3) is 0.143. The molecule has 0 aliphatic heterocycles. The summed E-state index contributed by atoms with van der Waals surface area (Å²) in [6.45, 7) is 0. The van der Waals surface area contributed by atoms with Gasteiger partial charge in [0.1, 0.15) is 5.60 Å². The summed E-state index contributed by atoms with van der Waals surface area (Å²) in [5, 5.41) is 0. The van der Waals surface area contributed by atoms with Gasteiger partial charge in [-0.2, -0.15) is 0 Å². The van der Waals surface area contributed by atoms with E-state index in [0.29, 0.717) is 0 Å². The minimum absolute atomic E-state index is 0.0843. The Kier molecular flexibility index (Phi) is 4.92. The summed E-state index contributed by atoms with van der Waals surface area (Å²) < 4.78 is 5.40. The second-order valence-electron chi connectivity index (χ2n) is 4.04.